The van der Waals surface area contributed by atoms with Gasteiger partial charge < -0.3 is 0 Å². The van der Waals surface area contributed by atoms with E-state index in [2.05, 4.69) is 0 Å². The van der Waals surface area contributed by atoms with Crippen molar-refractivity contribution in [3.05, 3.63) is 34.4 Å². The molecule has 1 rings (SSSR count). The van der Waals surface area contributed by atoms with Crippen molar-refractivity contribution in [2.24, 2.45) is 0 Å². The molecule has 0 saturated carbocycles. The minimum atomic E-state index is -4.77. The van der Waals surface area contributed by atoms with Crippen LogP contribution in [0.5, 0.6) is 0 Å². The Hall–Kier alpha value is -1.50. The Morgan fingerprint density at radius 1 is 1.23 bits per heavy atom. The summed E-state index contributed by atoms with van der Waals surface area (Å²) in [6.07, 6.45) is 0. The van der Waals surface area contributed by atoms with Crippen molar-refractivity contribution in [2.45, 2.75) is 4.90 Å². The Kier molecular flexibility index (Phi) is 2.28. The third-order valence-electron chi connectivity index (χ3n) is 1.33. The molecule has 1 aromatic rings. The second-order valence-electron chi connectivity index (χ2n) is 2.19. The Balaban J connectivity index is 3.16. The predicted molar refractivity (Wildman–Crippen MR) is 41.4 cm³/mol. The van der Waals surface area contributed by atoms with Gasteiger partial charge in [-0.2, -0.15) is 8.42 Å². The standard InChI is InChI=1S/C6H4FNO4S/c7-13(11,12)6-3-1-5(2-4-6)8(9)10/h1-4H. The molecule has 0 atom stereocenters. The number of nitro benzene ring substituents is 1. The first-order valence-corrected chi connectivity index (χ1v) is 4.49. The van der Waals surface area contributed by atoms with Crippen LogP contribution in [-0.2, 0) is 10.2 Å². The highest BCUT2D eigenvalue weighted by Gasteiger charge is 2.13. The first-order chi connectivity index (χ1) is 5.91. The van der Waals surface area contributed by atoms with Crippen molar-refractivity contribution >= 4 is 15.9 Å². The SMILES string of the molecule is O=[N+]([O-])c1ccc(S(=O)(=O)F)cc1. The molecule has 0 fully saturated rings. The lowest BCUT2D eigenvalue weighted by Crippen LogP contribution is -1.93. The lowest BCUT2D eigenvalue weighted by molar-refractivity contribution is -0.384. The molecular formula is C6H4FNO4S. The maximum Gasteiger partial charge on any atom is 0.332 e. The Morgan fingerprint density at radius 3 is 2.00 bits per heavy atom. The molecule has 13 heavy (non-hydrogen) atoms. The molecule has 0 aliphatic carbocycles. The minimum Gasteiger partial charge on any atom is -0.258 e. The monoisotopic (exact) mass is 205 g/mol. The average molecular weight is 205 g/mol. The smallest absolute Gasteiger partial charge is 0.258 e. The molecule has 0 amide bonds. The number of nitro groups is 1. The number of hydrogen-bond donors (Lipinski definition) is 0. The fourth-order valence-corrected chi connectivity index (χ4v) is 1.19. The van der Waals surface area contributed by atoms with Gasteiger partial charge in [-0.1, -0.05) is 0 Å². The van der Waals surface area contributed by atoms with Crippen LogP contribution in [0.4, 0.5) is 9.57 Å². The molecule has 0 saturated heterocycles. The summed E-state index contributed by atoms with van der Waals surface area (Å²) in [5, 5.41) is 10.1. The molecule has 0 bridgehead atoms. The van der Waals surface area contributed by atoms with Crippen molar-refractivity contribution in [1.82, 2.24) is 0 Å². The molecule has 0 aromatic heterocycles. The van der Waals surface area contributed by atoms with E-state index in [1.54, 1.807) is 0 Å². The van der Waals surface area contributed by atoms with Gasteiger partial charge in [0.15, 0.2) is 0 Å². The van der Waals surface area contributed by atoms with Crippen molar-refractivity contribution in [3.63, 3.8) is 0 Å². The zero-order chi connectivity index (χ0) is 10.1. The zero-order valence-corrected chi connectivity index (χ0v) is 6.99. The number of benzene rings is 1. The molecule has 0 aliphatic heterocycles. The first kappa shape index (κ1) is 9.59. The summed E-state index contributed by atoms with van der Waals surface area (Å²) in [5.74, 6) is 0. The van der Waals surface area contributed by atoms with E-state index in [9.17, 15) is 22.4 Å². The van der Waals surface area contributed by atoms with Gasteiger partial charge in [0.2, 0.25) is 0 Å². The molecule has 1 aromatic carbocycles. The molecule has 7 heteroatoms. The van der Waals surface area contributed by atoms with Crippen LogP contribution in [0.25, 0.3) is 0 Å². The van der Waals surface area contributed by atoms with E-state index in [1.165, 1.54) is 0 Å². The highest BCUT2D eigenvalue weighted by atomic mass is 32.3. The second-order valence-corrected chi connectivity index (χ2v) is 3.54. The van der Waals surface area contributed by atoms with Gasteiger partial charge in [0, 0.05) is 12.1 Å². The maximum absolute atomic E-state index is 12.3. The van der Waals surface area contributed by atoms with Crippen molar-refractivity contribution in [2.75, 3.05) is 0 Å². The van der Waals surface area contributed by atoms with Crippen LogP contribution in [0, 0.1) is 10.1 Å². The average Bonchev–Trinajstić information content (AvgIpc) is 2.03. The number of nitrogens with zero attached hydrogens (tertiary/aromatic N) is 1. The van der Waals surface area contributed by atoms with Gasteiger partial charge in [0.1, 0.15) is 0 Å². The molecular weight excluding hydrogens is 201 g/mol. The lowest BCUT2D eigenvalue weighted by Gasteiger charge is -1.93. The molecule has 0 spiro atoms. The van der Waals surface area contributed by atoms with Crippen LogP contribution in [0.2, 0.25) is 0 Å². The normalized spacial score (nSPS) is 11.2. The minimum absolute atomic E-state index is 0.285. The summed E-state index contributed by atoms with van der Waals surface area (Å²) in [4.78, 5) is 8.84. The van der Waals surface area contributed by atoms with Crippen LogP contribution in [0.1, 0.15) is 0 Å². The summed E-state index contributed by atoms with van der Waals surface area (Å²) in [6.45, 7) is 0. The van der Waals surface area contributed by atoms with E-state index in [-0.39, 0.29) is 5.69 Å². The fraction of sp³-hybridized carbons (Fsp3) is 0. The van der Waals surface area contributed by atoms with E-state index in [1.807, 2.05) is 0 Å². The topological polar surface area (TPSA) is 77.3 Å². The summed E-state index contributed by atoms with van der Waals surface area (Å²) >= 11 is 0. The van der Waals surface area contributed by atoms with E-state index in [4.69, 9.17) is 0 Å². The highest BCUT2D eigenvalue weighted by Crippen LogP contribution is 2.16. The van der Waals surface area contributed by atoms with Gasteiger partial charge in [0.05, 0.1) is 9.82 Å². The quantitative estimate of drug-likeness (QED) is 0.413. The predicted octanol–water partition coefficient (Wildman–Crippen LogP) is 1.25. The lowest BCUT2D eigenvalue weighted by atomic mass is 10.3. The van der Waals surface area contributed by atoms with Crippen LogP contribution < -0.4 is 0 Å². The van der Waals surface area contributed by atoms with Gasteiger partial charge in [-0.3, -0.25) is 10.1 Å². The first-order valence-electron chi connectivity index (χ1n) is 3.10. The Morgan fingerprint density at radius 2 is 1.69 bits per heavy atom. The van der Waals surface area contributed by atoms with Crippen LogP contribution in [0.15, 0.2) is 29.2 Å². The second kappa shape index (κ2) is 3.09. The third kappa shape index (κ3) is 2.22. The maximum atomic E-state index is 12.3. The van der Waals surface area contributed by atoms with E-state index < -0.39 is 20.0 Å². The molecule has 0 unspecified atom stereocenters. The van der Waals surface area contributed by atoms with Gasteiger partial charge >= 0.3 is 10.2 Å². The van der Waals surface area contributed by atoms with Crippen LogP contribution >= 0.6 is 0 Å². The van der Waals surface area contributed by atoms with E-state index in [0.29, 0.717) is 0 Å². The zero-order valence-electron chi connectivity index (χ0n) is 6.18. The summed E-state index contributed by atoms with van der Waals surface area (Å²) in [6, 6.07) is 3.53. The number of non-ortho nitro benzene ring substituents is 1. The van der Waals surface area contributed by atoms with Gasteiger partial charge in [-0.25, -0.2) is 0 Å². The summed E-state index contributed by atoms with van der Waals surface area (Å²) < 4.78 is 32.8. The van der Waals surface area contributed by atoms with Crippen molar-refractivity contribution in [3.8, 4) is 0 Å². The summed E-state index contributed by atoms with van der Waals surface area (Å²) in [7, 11) is -4.77. The van der Waals surface area contributed by atoms with Crippen LogP contribution in [-0.4, -0.2) is 13.3 Å². The number of hydrogen-bond acceptors (Lipinski definition) is 4. The van der Waals surface area contributed by atoms with Gasteiger partial charge in [-0.05, 0) is 12.1 Å². The highest BCUT2D eigenvalue weighted by molar-refractivity contribution is 7.86. The molecule has 0 radical (unpaired) electrons. The fourth-order valence-electron chi connectivity index (χ4n) is 0.730. The molecule has 70 valence electrons. The van der Waals surface area contributed by atoms with E-state index >= 15 is 0 Å². The molecule has 5 nitrogen and oxygen atoms in total. The largest absolute Gasteiger partial charge is 0.332 e. The van der Waals surface area contributed by atoms with Crippen LogP contribution in [0.3, 0.4) is 0 Å². The summed E-state index contributed by atoms with van der Waals surface area (Å²) in [5.41, 5.74) is -0.285. The van der Waals surface area contributed by atoms with Gasteiger partial charge in [0.25, 0.3) is 5.69 Å². The van der Waals surface area contributed by atoms with E-state index in [0.717, 1.165) is 24.3 Å². The Labute approximate surface area is 73.2 Å². The number of halogens is 1. The number of rotatable bonds is 2. The van der Waals surface area contributed by atoms with Gasteiger partial charge in [-0.15, -0.1) is 3.89 Å². The Bertz CT molecular complexity index is 424. The van der Waals surface area contributed by atoms with Crippen molar-refractivity contribution < 1.29 is 17.2 Å². The van der Waals surface area contributed by atoms with Crippen molar-refractivity contribution in [1.29, 1.82) is 0 Å². The molecule has 0 aliphatic rings. The third-order valence-corrected chi connectivity index (χ3v) is 2.16. The molecule has 0 heterocycles. The molecule has 0 N–H and O–H groups in total.